The highest BCUT2D eigenvalue weighted by atomic mass is 32.1. The molecule has 0 saturated carbocycles. The fourth-order valence-corrected chi connectivity index (χ4v) is 2.84. The summed E-state index contributed by atoms with van der Waals surface area (Å²) in [7, 11) is 3.66. The van der Waals surface area contributed by atoms with Gasteiger partial charge in [-0.1, -0.05) is 23.5 Å². The zero-order valence-electron chi connectivity index (χ0n) is 12.6. The number of rotatable bonds is 4. The van der Waals surface area contributed by atoms with E-state index in [9.17, 15) is 9.90 Å². The summed E-state index contributed by atoms with van der Waals surface area (Å²) in [5, 5.41) is 19.9. The minimum absolute atomic E-state index is 0.000983. The molecule has 1 aromatic heterocycles. The first-order chi connectivity index (χ1) is 11.0. The number of anilines is 1. The van der Waals surface area contributed by atoms with Crippen LogP contribution in [0.4, 0.5) is 16.5 Å². The van der Waals surface area contributed by atoms with E-state index in [2.05, 4.69) is 15.2 Å². The number of thiazole rings is 1. The van der Waals surface area contributed by atoms with Gasteiger partial charge in [-0.3, -0.25) is 0 Å². The molecule has 0 saturated heterocycles. The molecule has 6 nitrogen and oxygen atoms in total. The second-order valence-corrected chi connectivity index (χ2v) is 6.06. The monoisotopic (exact) mass is 325 g/mol. The lowest BCUT2D eigenvalue weighted by molar-refractivity contribution is -0.254. The van der Waals surface area contributed by atoms with Crippen molar-refractivity contribution in [2.75, 3.05) is 19.0 Å². The Hall–Kier alpha value is -2.80. The largest absolute Gasteiger partial charge is 0.545 e. The Balaban J connectivity index is 1.96. The minimum atomic E-state index is -1.29. The molecule has 2 aromatic carbocycles. The van der Waals surface area contributed by atoms with Gasteiger partial charge in [0, 0.05) is 25.3 Å². The van der Waals surface area contributed by atoms with Gasteiger partial charge in [0.2, 0.25) is 5.13 Å². The summed E-state index contributed by atoms with van der Waals surface area (Å²) in [6, 6.07) is 12.6. The number of carboxylic acids is 1. The molecule has 0 spiro atoms. The number of carboxylic acid groups (broad SMARTS) is 1. The molecule has 0 bridgehead atoms. The second-order valence-electron chi connectivity index (χ2n) is 5.05. The Bertz CT molecular complexity index is 869. The van der Waals surface area contributed by atoms with Crippen LogP contribution in [0.5, 0.6) is 0 Å². The van der Waals surface area contributed by atoms with Crippen molar-refractivity contribution in [2.45, 2.75) is 0 Å². The third kappa shape index (κ3) is 3.19. The van der Waals surface area contributed by atoms with Crippen molar-refractivity contribution in [3.05, 3.63) is 48.0 Å². The van der Waals surface area contributed by atoms with E-state index < -0.39 is 5.97 Å². The Morgan fingerprint density at radius 2 is 1.96 bits per heavy atom. The molecule has 23 heavy (non-hydrogen) atoms. The van der Waals surface area contributed by atoms with Crippen LogP contribution in [-0.4, -0.2) is 25.0 Å². The average Bonchev–Trinajstić information content (AvgIpc) is 2.95. The molecule has 0 amide bonds. The van der Waals surface area contributed by atoms with Gasteiger partial charge in [0.25, 0.3) is 0 Å². The Morgan fingerprint density at radius 1 is 1.17 bits per heavy atom. The maximum atomic E-state index is 11.3. The van der Waals surface area contributed by atoms with Gasteiger partial charge in [0.1, 0.15) is 0 Å². The number of fused-ring (bicyclic) bond motifs is 1. The molecule has 3 aromatic rings. The summed E-state index contributed by atoms with van der Waals surface area (Å²) in [4.78, 5) is 17.4. The molecule has 0 radical (unpaired) electrons. The van der Waals surface area contributed by atoms with Gasteiger partial charge in [-0.2, -0.15) is 0 Å². The van der Waals surface area contributed by atoms with E-state index in [4.69, 9.17) is 0 Å². The van der Waals surface area contributed by atoms with Crippen LogP contribution in [0.2, 0.25) is 0 Å². The molecule has 0 aliphatic rings. The van der Waals surface area contributed by atoms with E-state index >= 15 is 0 Å². The van der Waals surface area contributed by atoms with Gasteiger partial charge < -0.3 is 14.8 Å². The fourth-order valence-electron chi connectivity index (χ4n) is 2.05. The number of aromatic carboxylic acids is 1. The standard InChI is InChI=1S/C16H14N4O2S/c1-20(2)10-7-8-12(11(9-10)15(21)22)18-19-16-17-13-5-3-4-6-14(13)23-16/h3-9H,1-2H3,(H,21,22)/p-1. The molecule has 0 fully saturated rings. The van der Waals surface area contributed by atoms with Crippen molar-refractivity contribution < 1.29 is 9.90 Å². The normalized spacial score (nSPS) is 11.2. The van der Waals surface area contributed by atoms with E-state index in [0.29, 0.717) is 5.13 Å². The second kappa shape index (κ2) is 6.13. The lowest BCUT2D eigenvalue weighted by Crippen LogP contribution is -2.23. The summed E-state index contributed by atoms with van der Waals surface area (Å²) in [6.07, 6.45) is 0. The first kappa shape index (κ1) is 15.1. The highest BCUT2D eigenvalue weighted by Gasteiger charge is 2.07. The van der Waals surface area contributed by atoms with Crippen molar-refractivity contribution >= 4 is 44.0 Å². The van der Waals surface area contributed by atoms with Gasteiger partial charge in [-0.25, -0.2) is 4.98 Å². The summed E-state index contributed by atoms with van der Waals surface area (Å²) in [5.74, 6) is -1.29. The SMILES string of the molecule is CN(C)c1ccc(N=Nc2nc3ccccc3s2)c(C(=O)[O-])c1. The van der Waals surface area contributed by atoms with E-state index in [1.807, 2.05) is 38.4 Å². The molecule has 1 heterocycles. The molecule has 3 rings (SSSR count). The van der Waals surface area contributed by atoms with Crippen molar-refractivity contribution in [3.8, 4) is 0 Å². The number of azo groups is 1. The number of carbonyl (C=O) groups is 1. The van der Waals surface area contributed by atoms with E-state index in [1.54, 1.807) is 17.0 Å². The first-order valence-corrected chi connectivity index (χ1v) is 7.66. The third-order valence-corrected chi connectivity index (χ3v) is 4.16. The summed E-state index contributed by atoms with van der Waals surface area (Å²) in [6.45, 7) is 0. The summed E-state index contributed by atoms with van der Waals surface area (Å²) >= 11 is 1.40. The fraction of sp³-hybridized carbons (Fsp3) is 0.125. The maximum Gasteiger partial charge on any atom is 0.231 e. The third-order valence-electron chi connectivity index (χ3n) is 3.24. The molecule has 7 heteroatoms. The molecular formula is C16H13N4O2S-. The first-order valence-electron chi connectivity index (χ1n) is 6.84. The lowest BCUT2D eigenvalue weighted by Gasteiger charge is -2.15. The molecule has 0 atom stereocenters. The van der Waals surface area contributed by atoms with Crippen LogP contribution in [0.15, 0.2) is 52.7 Å². The van der Waals surface area contributed by atoms with Gasteiger partial charge >= 0.3 is 0 Å². The number of para-hydroxylation sites is 1. The molecule has 0 N–H and O–H groups in total. The predicted molar refractivity (Wildman–Crippen MR) is 88.9 cm³/mol. The van der Waals surface area contributed by atoms with Crippen LogP contribution in [0, 0.1) is 0 Å². The van der Waals surface area contributed by atoms with Gasteiger partial charge in [0.15, 0.2) is 0 Å². The molecular weight excluding hydrogens is 312 g/mol. The Kier molecular flexibility index (Phi) is 4.03. The van der Waals surface area contributed by atoms with E-state index in [1.165, 1.54) is 17.4 Å². The van der Waals surface area contributed by atoms with Crippen LogP contribution in [0.1, 0.15) is 10.4 Å². The van der Waals surface area contributed by atoms with Crippen LogP contribution < -0.4 is 10.0 Å². The Labute approximate surface area is 136 Å². The molecule has 0 aliphatic carbocycles. The van der Waals surface area contributed by atoms with Crippen molar-refractivity contribution in [2.24, 2.45) is 10.2 Å². The zero-order chi connectivity index (χ0) is 16.4. The topological polar surface area (TPSA) is 81.0 Å². The Morgan fingerprint density at radius 3 is 2.65 bits per heavy atom. The molecule has 0 aliphatic heterocycles. The molecule has 0 unspecified atom stereocenters. The maximum absolute atomic E-state index is 11.3. The van der Waals surface area contributed by atoms with Gasteiger partial charge in [0.05, 0.1) is 21.9 Å². The van der Waals surface area contributed by atoms with Crippen molar-refractivity contribution in [1.29, 1.82) is 0 Å². The summed E-state index contributed by atoms with van der Waals surface area (Å²) in [5.41, 5.74) is 1.84. The van der Waals surface area contributed by atoms with Crippen molar-refractivity contribution in [1.82, 2.24) is 4.98 Å². The summed E-state index contributed by atoms with van der Waals surface area (Å²) < 4.78 is 1.00. The number of benzene rings is 2. The van der Waals surface area contributed by atoms with Crippen LogP contribution in [-0.2, 0) is 0 Å². The minimum Gasteiger partial charge on any atom is -0.545 e. The molecule has 116 valence electrons. The van der Waals surface area contributed by atoms with Gasteiger partial charge in [-0.15, -0.1) is 10.2 Å². The smallest absolute Gasteiger partial charge is 0.231 e. The number of hydrogen-bond donors (Lipinski definition) is 0. The predicted octanol–water partition coefficient (Wildman–Crippen LogP) is 3.14. The quantitative estimate of drug-likeness (QED) is 0.690. The van der Waals surface area contributed by atoms with Gasteiger partial charge in [-0.05, 0) is 30.3 Å². The zero-order valence-corrected chi connectivity index (χ0v) is 13.4. The van der Waals surface area contributed by atoms with Crippen LogP contribution >= 0.6 is 11.3 Å². The highest BCUT2D eigenvalue weighted by Crippen LogP contribution is 2.30. The van der Waals surface area contributed by atoms with E-state index in [0.717, 1.165) is 15.9 Å². The number of carbonyl (C=O) groups excluding carboxylic acids is 1. The van der Waals surface area contributed by atoms with Crippen molar-refractivity contribution in [3.63, 3.8) is 0 Å². The van der Waals surface area contributed by atoms with Crippen LogP contribution in [0.25, 0.3) is 10.2 Å². The number of nitrogens with zero attached hydrogens (tertiary/aromatic N) is 4. The van der Waals surface area contributed by atoms with Crippen LogP contribution in [0.3, 0.4) is 0 Å². The highest BCUT2D eigenvalue weighted by molar-refractivity contribution is 7.21. The lowest BCUT2D eigenvalue weighted by atomic mass is 10.1. The van der Waals surface area contributed by atoms with E-state index in [-0.39, 0.29) is 11.3 Å². The average molecular weight is 325 g/mol. The number of hydrogen-bond acceptors (Lipinski definition) is 7. The number of aromatic nitrogens is 1.